The van der Waals surface area contributed by atoms with Crippen LogP contribution in [-0.4, -0.2) is 22.0 Å². The summed E-state index contributed by atoms with van der Waals surface area (Å²) in [6, 6.07) is 9.63. The van der Waals surface area contributed by atoms with Crippen LogP contribution < -0.4 is 5.32 Å². The van der Waals surface area contributed by atoms with Crippen molar-refractivity contribution in [2.24, 2.45) is 0 Å². The Morgan fingerprint density at radius 2 is 2.00 bits per heavy atom. The van der Waals surface area contributed by atoms with Gasteiger partial charge in [-0.25, -0.2) is 4.98 Å². The van der Waals surface area contributed by atoms with Crippen LogP contribution in [0.4, 0.5) is 0 Å². The molecule has 6 heteroatoms. The minimum atomic E-state index is -0.922. The summed E-state index contributed by atoms with van der Waals surface area (Å²) in [7, 11) is 0. The van der Waals surface area contributed by atoms with Crippen molar-refractivity contribution in [1.29, 1.82) is 0 Å². The first-order valence-electron chi connectivity index (χ1n) is 6.54. The highest BCUT2D eigenvalue weighted by molar-refractivity contribution is 7.09. The minimum absolute atomic E-state index is 0.0721. The molecule has 0 saturated carbocycles. The molecule has 110 valence electrons. The maximum Gasteiger partial charge on any atom is 0.309 e. The first-order valence-corrected chi connectivity index (χ1v) is 7.42. The molecule has 21 heavy (non-hydrogen) atoms. The van der Waals surface area contributed by atoms with Gasteiger partial charge in [0.1, 0.15) is 5.01 Å². The monoisotopic (exact) mass is 304 g/mol. The normalized spacial score (nSPS) is 11.9. The molecule has 1 heterocycles. The highest BCUT2D eigenvalue weighted by Crippen LogP contribution is 2.14. The van der Waals surface area contributed by atoms with Gasteiger partial charge in [0.25, 0.3) is 0 Å². The van der Waals surface area contributed by atoms with Gasteiger partial charge < -0.3 is 10.4 Å². The second-order valence-electron chi connectivity index (χ2n) is 4.68. The van der Waals surface area contributed by atoms with E-state index in [-0.39, 0.29) is 24.8 Å². The Labute approximate surface area is 126 Å². The van der Waals surface area contributed by atoms with Crippen molar-refractivity contribution < 1.29 is 14.7 Å². The van der Waals surface area contributed by atoms with E-state index in [2.05, 4.69) is 10.3 Å². The number of hydrogen-bond acceptors (Lipinski definition) is 4. The van der Waals surface area contributed by atoms with E-state index in [9.17, 15) is 9.59 Å². The zero-order chi connectivity index (χ0) is 15.2. The van der Waals surface area contributed by atoms with Crippen LogP contribution in [-0.2, 0) is 22.4 Å². The quantitative estimate of drug-likeness (QED) is 0.857. The maximum absolute atomic E-state index is 12.0. The zero-order valence-electron chi connectivity index (χ0n) is 11.6. The van der Waals surface area contributed by atoms with Crippen molar-refractivity contribution in [1.82, 2.24) is 10.3 Å². The molecule has 2 aromatic rings. The van der Waals surface area contributed by atoms with Gasteiger partial charge in [0.05, 0.1) is 24.6 Å². The lowest BCUT2D eigenvalue weighted by Crippen LogP contribution is -2.28. The third kappa shape index (κ3) is 4.68. The predicted molar refractivity (Wildman–Crippen MR) is 80.2 cm³/mol. The average Bonchev–Trinajstić information content (AvgIpc) is 2.85. The van der Waals surface area contributed by atoms with Crippen LogP contribution in [0.1, 0.15) is 29.2 Å². The molecule has 0 saturated heterocycles. The van der Waals surface area contributed by atoms with Gasteiger partial charge >= 0.3 is 5.97 Å². The van der Waals surface area contributed by atoms with Crippen LogP contribution in [0.2, 0.25) is 0 Å². The van der Waals surface area contributed by atoms with E-state index in [4.69, 9.17) is 5.11 Å². The van der Waals surface area contributed by atoms with Crippen molar-refractivity contribution in [2.75, 3.05) is 0 Å². The first kappa shape index (κ1) is 15.2. The summed E-state index contributed by atoms with van der Waals surface area (Å²) < 4.78 is 0. The van der Waals surface area contributed by atoms with Gasteiger partial charge in [0.2, 0.25) is 5.91 Å². The number of amides is 1. The molecule has 0 bridgehead atoms. The lowest BCUT2D eigenvalue weighted by molar-refractivity contribution is -0.136. The Hall–Kier alpha value is -2.21. The predicted octanol–water partition coefficient (Wildman–Crippen LogP) is 2.19. The molecule has 1 aromatic carbocycles. The Morgan fingerprint density at radius 1 is 1.29 bits per heavy atom. The van der Waals surface area contributed by atoms with E-state index in [1.165, 1.54) is 11.3 Å². The second-order valence-corrected chi connectivity index (χ2v) is 5.62. The fraction of sp³-hybridized carbons (Fsp3) is 0.267. The number of rotatable bonds is 6. The van der Waals surface area contributed by atoms with Crippen LogP contribution in [0.25, 0.3) is 0 Å². The van der Waals surface area contributed by atoms with Gasteiger partial charge in [-0.15, -0.1) is 11.3 Å². The number of nitrogens with one attached hydrogen (secondary N) is 1. The number of carboxylic acid groups (broad SMARTS) is 1. The molecule has 0 unspecified atom stereocenters. The fourth-order valence-electron chi connectivity index (χ4n) is 1.92. The van der Waals surface area contributed by atoms with E-state index >= 15 is 0 Å². The highest BCUT2D eigenvalue weighted by Gasteiger charge is 2.12. The molecule has 2 rings (SSSR count). The first-order chi connectivity index (χ1) is 10.0. The molecule has 0 spiro atoms. The third-order valence-electron chi connectivity index (χ3n) is 2.92. The van der Waals surface area contributed by atoms with Crippen LogP contribution >= 0.6 is 11.3 Å². The molecule has 0 aliphatic heterocycles. The standard InChI is InChI=1S/C15H16N2O3S/c1-10(11-5-3-2-4-6-11)16-13(18)8-14-17-12(9-21-14)7-15(19)20/h2-6,9-10H,7-8H2,1H3,(H,16,18)(H,19,20)/t10-/m1/s1. The summed E-state index contributed by atoms with van der Waals surface area (Å²) in [4.78, 5) is 26.7. The molecule has 1 amide bonds. The molecule has 0 radical (unpaired) electrons. The van der Waals surface area contributed by atoms with E-state index in [1.807, 2.05) is 37.3 Å². The fourth-order valence-corrected chi connectivity index (χ4v) is 2.71. The van der Waals surface area contributed by atoms with E-state index in [0.29, 0.717) is 10.7 Å². The van der Waals surface area contributed by atoms with Gasteiger partial charge in [-0.2, -0.15) is 0 Å². The van der Waals surface area contributed by atoms with Crippen molar-refractivity contribution in [3.63, 3.8) is 0 Å². The summed E-state index contributed by atoms with van der Waals surface area (Å²) in [5.41, 5.74) is 1.53. The van der Waals surface area contributed by atoms with Crippen LogP contribution in [0, 0.1) is 0 Å². The largest absolute Gasteiger partial charge is 0.481 e. The molecule has 5 nitrogen and oxygen atoms in total. The molecule has 2 N–H and O–H groups in total. The lowest BCUT2D eigenvalue weighted by Gasteiger charge is -2.13. The van der Waals surface area contributed by atoms with Crippen LogP contribution in [0.5, 0.6) is 0 Å². The van der Waals surface area contributed by atoms with Crippen molar-refractivity contribution in [3.8, 4) is 0 Å². The summed E-state index contributed by atoms with van der Waals surface area (Å²) in [6.07, 6.45) is 0.0556. The molecular weight excluding hydrogens is 288 g/mol. The summed E-state index contributed by atoms with van der Waals surface area (Å²) >= 11 is 1.31. The molecular formula is C15H16N2O3S. The van der Waals surface area contributed by atoms with Gasteiger partial charge in [-0.05, 0) is 12.5 Å². The van der Waals surface area contributed by atoms with Crippen molar-refractivity contribution in [2.45, 2.75) is 25.8 Å². The smallest absolute Gasteiger partial charge is 0.309 e. The van der Waals surface area contributed by atoms with Gasteiger partial charge in [0.15, 0.2) is 0 Å². The van der Waals surface area contributed by atoms with E-state index < -0.39 is 5.97 Å². The molecule has 0 aliphatic carbocycles. The van der Waals surface area contributed by atoms with Gasteiger partial charge in [-0.3, -0.25) is 9.59 Å². The van der Waals surface area contributed by atoms with E-state index in [0.717, 1.165) is 5.56 Å². The van der Waals surface area contributed by atoms with Crippen molar-refractivity contribution >= 4 is 23.2 Å². The summed E-state index contributed by atoms with van der Waals surface area (Å²) in [6.45, 7) is 1.92. The maximum atomic E-state index is 12.0. The Bertz CT molecular complexity index is 625. The molecule has 1 atom stereocenters. The minimum Gasteiger partial charge on any atom is -0.481 e. The molecule has 1 aromatic heterocycles. The number of aliphatic carboxylic acids is 1. The van der Waals surface area contributed by atoms with Gasteiger partial charge in [-0.1, -0.05) is 30.3 Å². The number of benzene rings is 1. The number of thiazole rings is 1. The highest BCUT2D eigenvalue weighted by atomic mass is 32.1. The number of nitrogens with zero attached hydrogens (tertiary/aromatic N) is 1. The Balaban J connectivity index is 1.89. The number of carbonyl (C=O) groups is 2. The van der Waals surface area contributed by atoms with Crippen molar-refractivity contribution in [3.05, 3.63) is 52.0 Å². The van der Waals surface area contributed by atoms with Gasteiger partial charge in [0, 0.05) is 5.38 Å². The third-order valence-corrected chi connectivity index (χ3v) is 3.82. The topological polar surface area (TPSA) is 79.3 Å². The number of hydrogen-bond donors (Lipinski definition) is 2. The summed E-state index contributed by atoms with van der Waals surface area (Å²) in [5, 5.41) is 13.9. The van der Waals surface area contributed by atoms with E-state index in [1.54, 1.807) is 5.38 Å². The van der Waals surface area contributed by atoms with Crippen LogP contribution in [0.15, 0.2) is 35.7 Å². The number of carboxylic acids is 1. The summed E-state index contributed by atoms with van der Waals surface area (Å²) in [5.74, 6) is -1.04. The Kier molecular flexibility index (Phi) is 5.05. The second kappa shape index (κ2) is 6.99. The lowest BCUT2D eigenvalue weighted by atomic mass is 10.1. The Morgan fingerprint density at radius 3 is 2.67 bits per heavy atom. The molecule has 0 fully saturated rings. The average molecular weight is 304 g/mol. The van der Waals surface area contributed by atoms with Crippen LogP contribution in [0.3, 0.4) is 0 Å². The SMILES string of the molecule is C[C@@H](NC(=O)Cc1nc(CC(=O)O)cs1)c1ccccc1. The number of carbonyl (C=O) groups excluding carboxylic acids is 1. The molecule has 0 aliphatic rings. The zero-order valence-corrected chi connectivity index (χ0v) is 12.4. The number of aromatic nitrogens is 1.